The zero-order valence-corrected chi connectivity index (χ0v) is 23.2. The lowest BCUT2D eigenvalue weighted by molar-refractivity contribution is 0.183. The molecule has 0 radical (unpaired) electrons. The molecular weight excluding hydrogens is 478 g/mol. The molecule has 2 heterocycles. The zero-order chi connectivity index (χ0) is 25.7. The summed E-state index contributed by atoms with van der Waals surface area (Å²) in [5.74, 6) is 1.16. The summed E-state index contributed by atoms with van der Waals surface area (Å²) in [4.78, 5) is 3.17. The van der Waals surface area contributed by atoms with Crippen molar-refractivity contribution < 1.29 is 14.9 Å². The standard InChI is InChI=1S/C27H37N3O3S2/c1-15(2)9-23-18(5)26(35-19(23)6)24-14-33-27(30-29-24)20-10-16(3)22(17(4)11-20)7-8-25(34)28-21(12-31)13-32/h10-11,15,21,31-32H,7-9,12-14H2,1-6H3,(H,28,34). The fraction of sp³-hybridized carbons (Fsp3) is 0.519. The van der Waals surface area contributed by atoms with E-state index in [1.54, 1.807) is 11.3 Å². The number of hydrogen-bond acceptors (Lipinski definition) is 7. The molecule has 6 nitrogen and oxygen atoms in total. The number of hydrogen-bond donors (Lipinski definition) is 3. The van der Waals surface area contributed by atoms with Crippen LogP contribution in [-0.4, -0.2) is 52.7 Å². The molecule has 8 heteroatoms. The monoisotopic (exact) mass is 515 g/mol. The summed E-state index contributed by atoms with van der Waals surface area (Å²) in [6.07, 6.45) is 2.50. The van der Waals surface area contributed by atoms with Crippen LogP contribution in [0.1, 0.15) is 63.4 Å². The minimum absolute atomic E-state index is 0.152. The normalized spacial score (nSPS) is 13.7. The van der Waals surface area contributed by atoms with E-state index in [-0.39, 0.29) is 13.2 Å². The van der Waals surface area contributed by atoms with Gasteiger partial charge in [-0.3, -0.25) is 0 Å². The Kier molecular flexibility index (Phi) is 9.58. The second-order valence-electron chi connectivity index (χ2n) is 9.65. The van der Waals surface area contributed by atoms with Crippen molar-refractivity contribution in [3.63, 3.8) is 0 Å². The Labute approximate surface area is 218 Å². The van der Waals surface area contributed by atoms with Gasteiger partial charge < -0.3 is 20.3 Å². The summed E-state index contributed by atoms with van der Waals surface area (Å²) in [5, 5.41) is 30.5. The van der Waals surface area contributed by atoms with Gasteiger partial charge in [-0.1, -0.05) is 26.1 Å². The summed E-state index contributed by atoms with van der Waals surface area (Å²) >= 11 is 7.16. The maximum atomic E-state index is 9.23. The van der Waals surface area contributed by atoms with Crippen LogP contribution >= 0.6 is 23.6 Å². The number of rotatable bonds is 10. The van der Waals surface area contributed by atoms with Gasteiger partial charge in [0.15, 0.2) is 0 Å². The van der Waals surface area contributed by atoms with Crippen LogP contribution in [0.25, 0.3) is 0 Å². The fourth-order valence-corrected chi connectivity index (χ4v) is 5.85. The lowest BCUT2D eigenvalue weighted by Gasteiger charge is -2.18. The predicted octanol–water partition coefficient (Wildman–Crippen LogP) is 4.56. The number of nitrogens with zero attached hydrogens (tertiary/aromatic N) is 2. The van der Waals surface area contributed by atoms with Gasteiger partial charge >= 0.3 is 0 Å². The van der Waals surface area contributed by atoms with E-state index in [2.05, 4.69) is 69.2 Å². The van der Waals surface area contributed by atoms with E-state index in [0.717, 1.165) is 35.2 Å². The summed E-state index contributed by atoms with van der Waals surface area (Å²) in [6, 6.07) is 3.76. The third-order valence-electron chi connectivity index (χ3n) is 6.31. The Morgan fingerprint density at radius 2 is 1.74 bits per heavy atom. The zero-order valence-electron chi connectivity index (χ0n) is 21.6. The number of aliphatic hydroxyl groups excluding tert-OH is 2. The minimum Gasteiger partial charge on any atom is -0.470 e. The van der Waals surface area contributed by atoms with E-state index in [1.165, 1.54) is 26.4 Å². The number of thiophene rings is 1. The van der Waals surface area contributed by atoms with Crippen molar-refractivity contribution in [2.75, 3.05) is 19.8 Å². The van der Waals surface area contributed by atoms with Gasteiger partial charge in [-0.25, -0.2) is 0 Å². The number of thiocarbonyl (C=S) groups is 1. The van der Waals surface area contributed by atoms with Crippen molar-refractivity contribution in [3.8, 4) is 0 Å². The first-order chi connectivity index (χ1) is 16.6. The first kappa shape index (κ1) is 27.5. The Balaban J connectivity index is 1.74. The smallest absolute Gasteiger partial charge is 0.241 e. The number of benzene rings is 1. The molecule has 0 amide bonds. The molecule has 1 aromatic heterocycles. The molecule has 1 aliphatic rings. The topological polar surface area (TPSA) is 86.4 Å². The molecule has 3 N–H and O–H groups in total. The van der Waals surface area contributed by atoms with Gasteiger partial charge in [0.05, 0.1) is 29.1 Å². The molecule has 0 saturated heterocycles. The van der Waals surface area contributed by atoms with Gasteiger partial charge in [-0.15, -0.1) is 21.5 Å². The summed E-state index contributed by atoms with van der Waals surface area (Å²) < 4.78 is 6.08. The van der Waals surface area contributed by atoms with Gasteiger partial charge in [0, 0.05) is 16.9 Å². The Morgan fingerprint density at radius 1 is 1.09 bits per heavy atom. The number of nitrogens with one attached hydrogen (secondary N) is 1. The number of aryl methyl sites for hydroxylation is 3. The predicted molar refractivity (Wildman–Crippen MR) is 149 cm³/mol. The SMILES string of the molecule is Cc1cc(C2=NN=C(c3sc(C)c(CC(C)C)c3C)CO2)cc(C)c1CCC(=S)NC(CO)CO. The van der Waals surface area contributed by atoms with Gasteiger partial charge in [0.1, 0.15) is 12.3 Å². The van der Waals surface area contributed by atoms with E-state index in [1.807, 2.05) is 0 Å². The summed E-state index contributed by atoms with van der Waals surface area (Å²) in [5.41, 5.74) is 8.06. The largest absolute Gasteiger partial charge is 0.470 e. The molecule has 0 unspecified atom stereocenters. The average molecular weight is 516 g/mol. The Bertz CT molecular complexity index is 1110. The minimum atomic E-state index is -0.414. The molecule has 1 aliphatic heterocycles. The third kappa shape index (κ3) is 6.76. The molecule has 190 valence electrons. The van der Waals surface area contributed by atoms with E-state index < -0.39 is 6.04 Å². The van der Waals surface area contributed by atoms with E-state index in [0.29, 0.717) is 29.8 Å². The van der Waals surface area contributed by atoms with Crippen molar-refractivity contribution in [2.24, 2.45) is 16.1 Å². The van der Waals surface area contributed by atoms with Crippen LogP contribution in [0.4, 0.5) is 0 Å². The number of ether oxygens (including phenoxy) is 1. The third-order valence-corrected chi connectivity index (χ3v) is 7.93. The molecule has 2 aromatic rings. The highest BCUT2D eigenvalue weighted by Gasteiger charge is 2.22. The highest BCUT2D eigenvalue weighted by atomic mass is 32.1. The van der Waals surface area contributed by atoms with Crippen molar-refractivity contribution >= 4 is 40.2 Å². The van der Waals surface area contributed by atoms with Crippen molar-refractivity contribution in [1.29, 1.82) is 0 Å². The molecule has 1 aromatic carbocycles. The lowest BCUT2D eigenvalue weighted by Crippen LogP contribution is -2.39. The van der Waals surface area contributed by atoms with E-state index >= 15 is 0 Å². The molecule has 0 bridgehead atoms. The molecule has 0 saturated carbocycles. The molecule has 0 atom stereocenters. The van der Waals surface area contributed by atoms with Gasteiger partial charge in [0.25, 0.3) is 0 Å². The Morgan fingerprint density at radius 3 is 2.29 bits per heavy atom. The Hall–Kier alpha value is -2.13. The summed E-state index contributed by atoms with van der Waals surface area (Å²) in [7, 11) is 0. The second kappa shape index (κ2) is 12.2. The van der Waals surface area contributed by atoms with Crippen LogP contribution in [0.3, 0.4) is 0 Å². The van der Waals surface area contributed by atoms with Crippen molar-refractivity contribution in [1.82, 2.24) is 5.32 Å². The van der Waals surface area contributed by atoms with Gasteiger partial charge in [-0.05, 0) is 86.4 Å². The van der Waals surface area contributed by atoms with E-state index in [9.17, 15) is 10.2 Å². The van der Waals surface area contributed by atoms with Crippen molar-refractivity contribution in [3.05, 3.63) is 55.3 Å². The maximum Gasteiger partial charge on any atom is 0.241 e. The van der Waals surface area contributed by atoms with E-state index in [4.69, 9.17) is 17.0 Å². The van der Waals surface area contributed by atoms with Crippen LogP contribution in [0.5, 0.6) is 0 Å². The molecule has 3 rings (SSSR count). The maximum absolute atomic E-state index is 9.23. The van der Waals surface area contributed by atoms with Crippen LogP contribution < -0.4 is 5.32 Å². The molecule has 35 heavy (non-hydrogen) atoms. The van der Waals surface area contributed by atoms with Crippen LogP contribution in [0.15, 0.2) is 22.3 Å². The first-order valence-corrected chi connectivity index (χ1v) is 13.3. The highest BCUT2D eigenvalue weighted by molar-refractivity contribution is 7.80. The molecular formula is C27H37N3O3S2. The summed E-state index contributed by atoms with van der Waals surface area (Å²) in [6.45, 7) is 13.1. The second-order valence-corrected chi connectivity index (χ2v) is 11.4. The molecule has 0 spiro atoms. The molecule has 0 aliphatic carbocycles. The van der Waals surface area contributed by atoms with Crippen molar-refractivity contribution in [2.45, 2.75) is 66.8 Å². The van der Waals surface area contributed by atoms with Gasteiger partial charge in [-0.2, -0.15) is 0 Å². The fourth-order valence-electron chi connectivity index (χ4n) is 4.42. The quantitative estimate of drug-likeness (QED) is 0.404. The molecule has 0 fully saturated rings. The average Bonchev–Trinajstić information content (AvgIpc) is 3.09. The van der Waals surface area contributed by atoms with Crippen LogP contribution in [0.2, 0.25) is 0 Å². The highest BCUT2D eigenvalue weighted by Crippen LogP contribution is 2.31. The van der Waals surface area contributed by atoms with Gasteiger partial charge in [0.2, 0.25) is 5.90 Å². The van der Waals surface area contributed by atoms with Crippen LogP contribution in [0, 0.1) is 33.6 Å². The first-order valence-electron chi connectivity index (χ1n) is 12.1. The number of aliphatic hydroxyl groups is 2. The van der Waals surface area contributed by atoms with Crippen LogP contribution in [-0.2, 0) is 17.6 Å². The lowest BCUT2D eigenvalue weighted by atomic mass is 9.95.